The van der Waals surface area contributed by atoms with E-state index < -0.39 is 18.4 Å². The third kappa shape index (κ3) is 11.1. The van der Waals surface area contributed by atoms with Crippen molar-refractivity contribution in [2.75, 3.05) is 17.3 Å². The molecule has 0 saturated carbocycles. The Labute approximate surface area is 236 Å². The predicted octanol–water partition coefficient (Wildman–Crippen LogP) is 11.4. The molecule has 0 nitrogen and oxygen atoms in total. The van der Waals surface area contributed by atoms with E-state index in [1.165, 1.54) is 92.2 Å². The van der Waals surface area contributed by atoms with Crippen LogP contribution in [-0.2, 0) is 0 Å². The summed E-state index contributed by atoms with van der Waals surface area (Å²) in [4.78, 5) is 1.37. The average Bonchev–Trinajstić information content (AvgIpc) is 2.93. The van der Waals surface area contributed by atoms with Crippen LogP contribution in [0, 0.1) is 0 Å². The van der Waals surface area contributed by atoms with Gasteiger partial charge in [-0.2, -0.15) is 0 Å². The summed E-state index contributed by atoms with van der Waals surface area (Å²) in [6.45, 7) is 9.41. The minimum absolute atomic E-state index is 1.16. The number of rotatable bonds is 19. The molecule has 0 saturated heterocycles. The molecule has 0 bridgehead atoms. The first-order valence-corrected chi connectivity index (χ1v) is 24.2. The summed E-state index contributed by atoms with van der Waals surface area (Å²) in [6.07, 6.45) is 10.7. The summed E-state index contributed by atoms with van der Waals surface area (Å²) >= 11 is 1.45. The molecule has 3 heteroatoms. The van der Waals surface area contributed by atoms with Gasteiger partial charge in [0.05, 0.1) is 0 Å². The van der Waals surface area contributed by atoms with E-state index in [9.17, 15) is 0 Å². The van der Waals surface area contributed by atoms with Gasteiger partial charge in [-0.3, -0.25) is 0 Å². The van der Waals surface area contributed by atoms with Gasteiger partial charge >= 0.3 is 238 Å². The van der Waals surface area contributed by atoms with Crippen LogP contribution in [0.1, 0.15) is 90.2 Å². The molecule has 0 fully saturated rings. The van der Waals surface area contributed by atoms with Gasteiger partial charge in [-0.25, -0.2) is 0 Å². The van der Waals surface area contributed by atoms with Gasteiger partial charge in [0.2, 0.25) is 0 Å². The first kappa shape index (κ1) is 31.7. The van der Waals surface area contributed by atoms with Crippen molar-refractivity contribution in [2.45, 2.75) is 92.4 Å². The van der Waals surface area contributed by atoms with Crippen LogP contribution < -0.4 is 0 Å². The zero-order valence-electron chi connectivity index (χ0n) is 23.5. The van der Waals surface area contributed by atoms with Gasteiger partial charge in [-0.1, -0.05) is 0 Å². The predicted molar refractivity (Wildman–Crippen MR) is 173 cm³/mol. The average molecular weight is 630 g/mol. The summed E-state index contributed by atoms with van der Waals surface area (Å²) in [5.41, 5.74) is 7.04. The van der Waals surface area contributed by atoms with E-state index in [4.69, 9.17) is 0 Å². The monoisotopic (exact) mass is 630 g/mol. The normalized spacial score (nSPS) is 11.3. The van der Waals surface area contributed by atoms with E-state index >= 15 is 0 Å². The number of unbranched alkanes of at least 4 members (excludes halogenated alkanes) is 4. The molecule has 0 radical (unpaired) electrons. The topological polar surface area (TPSA) is 0 Å². The van der Waals surface area contributed by atoms with Crippen molar-refractivity contribution >= 4 is 50.4 Å². The first-order valence-electron chi connectivity index (χ1n) is 14.5. The second-order valence-corrected chi connectivity index (χ2v) is 25.3. The molecule has 0 spiro atoms. The van der Waals surface area contributed by atoms with E-state index in [1.807, 2.05) is 11.8 Å². The summed E-state index contributed by atoms with van der Waals surface area (Å²) in [5, 5.41) is 0. The van der Waals surface area contributed by atoms with Crippen LogP contribution in [0.15, 0.2) is 66.4 Å². The SMILES string of the molecule is CCCCSCCSC(=C=[C](c1ccccc1)[Sn]([CH2]CCC)([CH2]CCC)[CH2]CCC)c1ccccc1. The molecule has 198 valence electrons. The fourth-order valence-electron chi connectivity index (χ4n) is 4.86. The molecular formula is C33H50S2Sn. The van der Waals surface area contributed by atoms with Crippen molar-refractivity contribution in [1.29, 1.82) is 0 Å². The molecule has 2 aromatic carbocycles. The van der Waals surface area contributed by atoms with Crippen LogP contribution in [0.25, 0.3) is 8.49 Å². The van der Waals surface area contributed by atoms with Gasteiger partial charge in [0.1, 0.15) is 0 Å². The van der Waals surface area contributed by atoms with Crippen LogP contribution in [0.3, 0.4) is 0 Å². The zero-order valence-corrected chi connectivity index (χ0v) is 28.0. The molecule has 36 heavy (non-hydrogen) atoms. The Morgan fingerprint density at radius 1 is 0.611 bits per heavy atom. The van der Waals surface area contributed by atoms with Gasteiger partial charge in [0.15, 0.2) is 0 Å². The summed E-state index contributed by atoms with van der Waals surface area (Å²) in [5.74, 6) is 3.67. The first-order chi connectivity index (χ1) is 17.7. The molecule has 0 unspecified atom stereocenters. The fourth-order valence-corrected chi connectivity index (χ4v) is 23.7. The van der Waals surface area contributed by atoms with Gasteiger partial charge in [-0.05, 0) is 0 Å². The summed E-state index contributed by atoms with van der Waals surface area (Å²) in [6, 6.07) is 22.5. The number of benzene rings is 2. The standard InChI is InChI=1S/C21H23S2.3C4H9.Sn/c1-2-3-16-22-17-18-23-21(20-12-8-5-9-13-20)15-14-19-10-6-4-7-11-19;3*1-3-4-2;/h4-13H,2-3,16-18H2,1H3;3*1,3-4H2,2H3;. The van der Waals surface area contributed by atoms with Crippen molar-refractivity contribution in [3.8, 4) is 0 Å². The number of thioether (sulfide) groups is 2. The van der Waals surface area contributed by atoms with E-state index in [1.54, 1.807) is 3.59 Å². The van der Waals surface area contributed by atoms with Crippen LogP contribution in [-0.4, -0.2) is 35.6 Å². The molecule has 0 amide bonds. The number of hydrogen-bond acceptors (Lipinski definition) is 2. The van der Waals surface area contributed by atoms with Crippen LogP contribution >= 0.6 is 23.5 Å². The molecule has 0 aliphatic carbocycles. The van der Waals surface area contributed by atoms with Crippen LogP contribution in [0.2, 0.25) is 13.3 Å². The maximum absolute atomic E-state index is 4.24. The summed E-state index contributed by atoms with van der Waals surface area (Å²) in [7, 11) is 0. The quantitative estimate of drug-likeness (QED) is 0.0862. The Kier molecular flexibility index (Phi) is 17.2. The Hall–Kier alpha value is -0.541. The van der Waals surface area contributed by atoms with E-state index in [2.05, 4.69) is 106 Å². The maximum atomic E-state index is 4.24. The molecule has 0 aliphatic heterocycles. The second-order valence-electron chi connectivity index (χ2n) is 9.97. The zero-order chi connectivity index (χ0) is 25.9. The molecule has 0 atom stereocenters. The minimum atomic E-state index is -2.71. The Balaban J connectivity index is 2.65. The fraction of sp³-hybridized carbons (Fsp3) is 0.545. The molecule has 2 rings (SSSR count). The van der Waals surface area contributed by atoms with Crippen molar-refractivity contribution in [3.63, 3.8) is 0 Å². The molecule has 2 aromatic rings. The van der Waals surface area contributed by atoms with Gasteiger partial charge < -0.3 is 0 Å². The van der Waals surface area contributed by atoms with Crippen molar-refractivity contribution in [1.82, 2.24) is 0 Å². The van der Waals surface area contributed by atoms with Gasteiger partial charge in [0.25, 0.3) is 0 Å². The van der Waals surface area contributed by atoms with Crippen LogP contribution in [0.5, 0.6) is 0 Å². The number of hydrogen-bond donors (Lipinski definition) is 0. The Bertz CT molecular complexity index is 863. The third-order valence-corrected chi connectivity index (χ3v) is 24.8. The molecule has 0 aliphatic rings. The van der Waals surface area contributed by atoms with Crippen molar-refractivity contribution in [2.24, 2.45) is 0 Å². The molecule has 0 aromatic heterocycles. The molecular weight excluding hydrogens is 579 g/mol. The molecule has 0 heterocycles. The Morgan fingerprint density at radius 2 is 1.11 bits per heavy atom. The van der Waals surface area contributed by atoms with E-state index in [0.29, 0.717) is 0 Å². The van der Waals surface area contributed by atoms with E-state index in [0.717, 1.165) is 5.75 Å². The van der Waals surface area contributed by atoms with Crippen molar-refractivity contribution in [3.05, 3.63) is 77.5 Å². The third-order valence-electron chi connectivity index (χ3n) is 7.01. The summed E-state index contributed by atoms with van der Waals surface area (Å²) < 4.78 is 6.09. The second kappa shape index (κ2) is 19.5. The molecule has 0 N–H and O–H groups in total. The van der Waals surface area contributed by atoms with E-state index in [-0.39, 0.29) is 0 Å². The van der Waals surface area contributed by atoms with Gasteiger partial charge in [-0.15, -0.1) is 0 Å². The van der Waals surface area contributed by atoms with Crippen molar-refractivity contribution < 1.29 is 0 Å². The Morgan fingerprint density at radius 3 is 1.61 bits per heavy atom. The van der Waals surface area contributed by atoms with Gasteiger partial charge in [0, 0.05) is 0 Å². The van der Waals surface area contributed by atoms with Crippen LogP contribution in [0.4, 0.5) is 0 Å².